The summed E-state index contributed by atoms with van der Waals surface area (Å²) in [5.74, 6) is 1.10. The Labute approximate surface area is 206 Å². The highest BCUT2D eigenvalue weighted by atomic mass is 79.9. The van der Waals surface area contributed by atoms with Gasteiger partial charge < -0.3 is 14.8 Å². The fourth-order valence-corrected chi connectivity index (χ4v) is 4.40. The van der Waals surface area contributed by atoms with Crippen LogP contribution in [-0.2, 0) is 11.4 Å². The lowest BCUT2D eigenvalue weighted by atomic mass is 9.95. The number of hydrogen-bond acceptors (Lipinski definition) is 5. The maximum absolute atomic E-state index is 12.1. The highest BCUT2D eigenvalue weighted by molar-refractivity contribution is 9.10. The van der Waals surface area contributed by atoms with E-state index in [1.54, 1.807) is 6.21 Å². The molecule has 2 aromatic rings. The predicted molar refractivity (Wildman–Crippen MR) is 134 cm³/mol. The first-order valence-corrected chi connectivity index (χ1v) is 12.5. The number of halogens is 2. The molecule has 0 bridgehead atoms. The third-order valence-electron chi connectivity index (χ3n) is 5.19. The molecule has 32 heavy (non-hydrogen) atoms. The van der Waals surface area contributed by atoms with Crippen molar-refractivity contribution in [2.24, 2.45) is 5.10 Å². The Hall–Kier alpha value is -1.90. The molecule has 0 spiro atoms. The second-order valence-electron chi connectivity index (χ2n) is 7.69. The second-order valence-corrected chi connectivity index (χ2v) is 9.46. The standard InChI is InChI=1S/C24H29Br2N3O3/c1-2-31-22-13-18(14-28-29-23(30)15-27-20-6-4-3-5-7-20)12-21(26)24(22)32-16-17-8-10-19(25)11-9-17/h8-14,20,27H,2-7,15-16H2,1H3,(H,29,30)/b28-14-. The summed E-state index contributed by atoms with van der Waals surface area (Å²) in [6.07, 6.45) is 7.64. The first kappa shape index (κ1) is 24.7. The molecule has 172 valence electrons. The van der Waals surface area contributed by atoms with Gasteiger partial charge in [-0.1, -0.05) is 47.3 Å². The zero-order valence-electron chi connectivity index (χ0n) is 18.2. The van der Waals surface area contributed by atoms with Gasteiger partial charge in [-0.2, -0.15) is 5.10 Å². The van der Waals surface area contributed by atoms with Crippen LogP contribution in [0.5, 0.6) is 11.5 Å². The minimum atomic E-state index is -0.148. The van der Waals surface area contributed by atoms with Gasteiger partial charge in [-0.15, -0.1) is 0 Å². The molecule has 0 radical (unpaired) electrons. The monoisotopic (exact) mass is 565 g/mol. The van der Waals surface area contributed by atoms with E-state index in [2.05, 4.69) is 47.7 Å². The average molecular weight is 567 g/mol. The quantitative estimate of drug-likeness (QED) is 0.292. The van der Waals surface area contributed by atoms with Crippen LogP contribution in [0.1, 0.15) is 50.2 Å². The van der Waals surface area contributed by atoms with E-state index < -0.39 is 0 Å². The van der Waals surface area contributed by atoms with E-state index in [9.17, 15) is 4.79 Å². The first-order chi connectivity index (χ1) is 15.5. The number of carbonyl (C=O) groups is 1. The fourth-order valence-electron chi connectivity index (χ4n) is 3.56. The van der Waals surface area contributed by atoms with Crippen LogP contribution in [0, 0.1) is 0 Å². The number of carbonyl (C=O) groups excluding carboxylic acids is 1. The van der Waals surface area contributed by atoms with Gasteiger partial charge in [-0.25, -0.2) is 5.43 Å². The van der Waals surface area contributed by atoms with Crippen LogP contribution in [0.15, 0.2) is 50.4 Å². The molecule has 0 saturated heterocycles. The summed E-state index contributed by atoms with van der Waals surface area (Å²) < 4.78 is 13.6. The third kappa shape index (κ3) is 7.90. The number of ether oxygens (including phenoxy) is 2. The third-order valence-corrected chi connectivity index (χ3v) is 6.31. The number of amides is 1. The van der Waals surface area contributed by atoms with E-state index >= 15 is 0 Å². The molecular formula is C24H29Br2N3O3. The van der Waals surface area contributed by atoms with Crippen molar-refractivity contribution in [3.63, 3.8) is 0 Å². The molecule has 0 heterocycles. The Kier molecular flexibility index (Phi) is 10.0. The van der Waals surface area contributed by atoms with E-state index in [4.69, 9.17) is 9.47 Å². The van der Waals surface area contributed by atoms with E-state index in [1.165, 1.54) is 19.3 Å². The zero-order valence-corrected chi connectivity index (χ0v) is 21.4. The zero-order chi connectivity index (χ0) is 22.8. The summed E-state index contributed by atoms with van der Waals surface area (Å²) in [4.78, 5) is 12.1. The molecule has 1 aliphatic carbocycles. The number of hydrogen-bond donors (Lipinski definition) is 2. The molecule has 6 nitrogen and oxygen atoms in total. The highest BCUT2D eigenvalue weighted by Gasteiger charge is 2.14. The van der Waals surface area contributed by atoms with E-state index in [0.717, 1.165) is 32.9 Å². The largest absolute Gasteiger partial charge is 0.490 e. The molecule has 8 heteroatoms. The van der Waals surface area contributed by atoms with Gasteiger partial charge in [0.05, 0.1) is 23.8 Å². The lowest BCUT2D eigenvalue weighted by molar-refractivity contribution is -0.120. The van der Waals surface area contributed by atoms with E-state index in [1.807, 2.05) is 43.3 Å². The van der Waals surface area contributed by atoms with E-state index in [-0.39, 0.29) is 12.5 Å². The van der Waals surface area contributed by atoms with Crippen molar-refractivity contribution in [3.8, 4) is 11.5 Å². The van der Waals surface area contributed by atoms with Crippen LogP contribution in [0.2, 0.25) is 0 Å². The molecule has 1 amide bonds. The number of rotatable bonds is 10. The maximum atomic E-state index is 12.1. The lowest BCUT2D eigenvalue weighted by Crippen LogP contribution is -2.38. The maximum Gasteiger partial charge on any atom is 0.254 e. The minimum Gasteiger partial charge on any atom is -0.490 e. The Balaban J connectivity index is 1.57. The number of nitrogens with one attached hydrogen (secondary N) is 2. The Bertz CT molecular complexity index is 913. The summed E-state index contributed by atoms with van der Waals surface area (Å²) in [7, 11) is 0. The van der Waals surface area contributed by atoms with Crippen LogP contribution in [0.3, 0.4) is 0 Å². The minimum absolute atomic E-state index is 0.148. The van der Waals surface area contributed by atoms with Crippen molar-refractivity contribution in [2.75, 3.05) is 13.2 Å². The summed E-state index contributed by atoms with van der Waals surface area (Å²) in [5, 5.41) is 7.40. The molecule has 1 fully saturated rings. The normalized spacial score (nSPS) is 14.5. The summed E-state index contributed by atoms with van der Waals surface area (Å²) in [6, 6.07) is 12.1. The molecule has 0 aliphatic heterocycles. The molecule has 0 atom stereocenters. The molecule has 1 aliphatic rings. The van der Waals surface area contributed by atoms with Gasteiger partial charge >= 0.3 is 0 Å². The van der Waals surface area contributed by atoms with Crippen molar-refractivity contribution < 1.29 is 14.3 Å². The van der Waals surface area contributed by atoms with Crippen LogP contribution in [0.4, 0.5) is 0 Å². The molecule has 2 aromatic carbocycles. The van der Waals surface area contributed by atoms with Gasteiger partial charge in [0.15, 0.2) is 11.5 Å². The molecule has 3 rings (SSSR count). The SMILES string of the molecule is CCOc1cc(/C=N\NC(=O)CNC2CCCCC2)cc(Br)c1OCc1ccc(Br)cc1. The number of hydrazone groups is 1. The fraction of sp³-hybridized carbons (Fsp3) is 0.417. The summed E-state index contributed by atoms with van der Waals surface area (Å²) in [6.45, 7) is 3.13. The van der Waals surface area contributed by atoms with Gasteiger partial charge in [-0.05, 0) is 71.1 Å². The van der Waals surface area contributed by atoms with Crippen LogP contribution in [-0.4, -0.2) is 31.3 Å². The molecule has 0 aromatic heterocycles. The van der Waals surface area contributed by atoms with Crippen LogP contribution in [0.25, 0.3) is 0 Å². The van der Waals surface area contributed by atoms with Gasteiger partial charge in [0.25, 0.3) is 5.91 Å². The first-order valence-electron chi connectivity index (χ1n) is 10.9. The van der Waals surface area contributed by atoms with Crippen molar-refractivity contribution in [1.29, 1.82) is 0 Å². The topological polar surface area (TPSA) is 72.0 Å². The Morgan fingerprint density at radius 3 is 2.59 bits per heavy atom. The Morgan fingerprint density at radius 1 is 1.12 bits per heavy atom. The summed E-state index contributed by atoms with van der Waals surface area (Å²) >= 11 is 7.01. The highest BCUT2D eigenvalue weighted by Crippen LogP contribution is 2.37. The van der Waals surface area contributed by atoms with Crippen molar-refractivity contribution in [2.45, 2.75) is 51.7 Å². The average Bonchev–Trinajstić information content (AvgIpc) is 2.79. The smallest absolute Gasteiger partial charge is 0.254 e. The Morgan fingerprint density at radius 2 is 1.88 bits per heavy atom. The molecular weight excluding hydrogens is 538 g/mol. The van der Waals surface area contributed by atoms with Gasteiger partial charge in [0, 0.05) is 10.5 Å². The lowest BCUT2D eigenvalue weighted by Gasteiger charge is -2.22. The van der Waals surface area contributed by atoms with Crippen LogP contribution < -0.4 is 20.2 Å². The van der Waals surface area contributed by atoms with Gasteiger partial charge in [0.2, 0.25) is 0 Å². The van der Waals surface area contributed by atoms with Crippen LogP contribution >= 0.6 is 31.9 Å². The van der Waals surface area contributed by atoms with Gasteiger partial charge in [0.1, 0.15) is 6.61 Å². The molecule has 2 N–H and O–H groups in total. The summed E-state index contributed by atoms with van der Waals surface area (Å²) in [5.41, 5.74) is 4.43. The van der Waals surface area contributed by atoms with E-state index in [0.29, 0.717) is 30.8 Å². The molecule has 0 unspecified atom stereocenters. The van der Waals surface area contributed by atoms with Crippen molar-refractivity contribution >= 4 is 44.0 Å². The second kappa shape index (κ2) is 13.0. The number of benzene rings is 2. The number of nitrogens with zero attached hydrogens (tertiary/aromatic N) is 1. The van der Waals surface area contributed by atoms with Crippen molar-refractivity contribution in [1.82, 2.24) is 10.7 Å². The predicted octanol–water partition coefficient (Wildman–Crippen LogP) is 5.56. The van der Waals surface area contributed by atoms with Gasteiger partial charge in [-0.3, -0.25) is 4.79 Å². The van der Waals surface area contributed by atoms with Crippen molar-refractivity contribution in [3.05, 3.63) is 56.5 Å². The molecule has 1 saturated carbocycles.